The van der Waals surface area contributed by atoms with Crippen molar-refractivity contribution in [3.63, 3.8) is 0 Å². The number of nitrogens with one attached hydrogen (secondary N) is 1. The van der Waals surface area contributed by atoms with E-state index in [-0.39, 0.29) is 16.6 Å². The van der Waals surface area contributed by atoms with Gasteiger partial charge in [-0.15, -0.1) is 0 Å². The predicted octanol–water partition coefficient (Wildman–Crippen LogP) is 1.01. The van der Waals surface area contributed by atoms with E-state index >= 15 is 0 Å². The summed E-state index contributed by atoms with van der Waals surface area (Å²) in [6.07, 6.45) is 0.558. The lowest BCUT2D eigenvalue weighted by Crippen LogP contribution is -2.16. The quantitative estimate of drug-likeness (QED) is 0.350. The average molecular weight is 383 g/mol. The van der Waals surface area contributed by atoms with Crippen molar-refractivity contribution in [3.8, 4) is 0 Å². The molecule has 0 aliphatic carbocycles. The summed E-state index contributed by atoms with van der Waals surface area (Å²) in [5.41, 5.74) is 0.771. The first-order valence-electron chi connectivity index (χ1n) is 4.99. The summed E-state index contributed by atoms with van der Waals surface area (Å²) in [5.74, 6) is 0. The van der Waals surface area contributed by atoms with Gasteiger partial charge in [-0.1, -0.05) is 22.6 Å². The van der Waals surface area contributed by atoms with E-state index in [4.69, 9.17) is 5.14 Å². The summed E-state index contributed by atoms with van der Waals surface area (Å²) in [6, 6.07) is 2.48. The van der Waals surface area contributed by atoms with Crippen LogP contribution < -0.4 is 10.5 Å². The Kier molecular flexibility index (Phi) is 3.47. The highest BCUT2D eigenvalue weighted by atomic mass is 127. The van der Waals surface area contributed by atoms with Crippen molar-refractivity contribution in [2.24, 2.45) is 5.14 Å². The fourth-order valence-electron chi connectivity index (χ4n) is 1.91. The molecule has 0 radical (unpaired) electrons. The maximum atomic E-state index is 11.3. The Balaban J connectivity index is 2.61. The summed E-state index contributed by atoms with van der Waals surface area (Å²) in [4.78, 5) is 10.1. The third-order valence-electron chi connectivity index (χ3n) is 2.70. The minimum absolute atomic E-state index is 0.0787. The number of alkyl halides is 1. The van der Waals surface area contributed by atoms with Crippen molar-refractivity contribution in [1.82, 2.24) is 0 Å². The summed E-state index contributed by atoms with van der Waals surface area (Å²) in [7, 11) is -3.94. The maximum Gasteiger partial charge on any atom is 0.293 e. The molecule has 1 aliphatic heterocycles. The molecule has 0 aromatic heterocycles. The van der Waals surface area contributed by atoms with Crippen molar-refractivity contribution in [1.29, 1.82) is 0 Å². The first-order valence-corrected chi connectivity index (χ1v) is 8.06. The monoisotopic (exact) mass is 383 g/mol. The molecule has 0 fully saturated rings. The van der Waals surface area contributed by atoms with E-state index in [0.29, 0.717) is 17.7 Å². The van der Waals surface area contributed by atoms with Crippen LogP contribution in [0.5, 0.6) is 0 Å². The van der Waals surface area contributed by atoms with Gasteiger partial charge in [0.05, 0.1) is 9.82 Å². The van der Waals surface area contributed by atoms with Crippen molar-refractivity contribution < 1.29 is 13.3 Å². The van der Waals surface area contributed by atoms with Gasteiger partial charge in [-0.25, -0.2) is 13.6 Å². The van der Waals surface area contributed by atoms with Crippen molar-refractivity contribution in [3.05, 3.63) is 27.8 Å². The van der Waals surface area contributed by atoms with Crippen LogP contribution >= 0.6 is 22.6 Å². The third kappa shape index (κ3) is 2.42. The molecule has 0 spiro atoms. The van der Waals surface area contributed by atoms with E-state index in [2.05, 4.69) is 27.9 Å². The molecule has 0 amide bonds. The van der Waals surface area contributed by atoms with Crippen molar-refractivity contribution >= 4 is 44.0 Å². The van der Waals surface area contributed by atoms with Gasteiger partial charge in [0.1, 0.15) is 5.69 Å². The molecule has 18 heavy (non-hydrogen) atoms. The van der Waals surface area contributed by atoms with Crippen LogP contribution in [0.4, 0.5) is 11.4 Å². The molecule has 1 heterocycles. The summed E-state index contributed by atoms with van der Waals surface area (Å²) in [6.45, 7) is 0. The van der Waals surface area contributed by atoms with Gasteiger partial charge in [-0.3, -0.25) is 10.1 Å². The van der Waals surface area contributed by atoms with Crippen LogP contribution in [0.15, 0.2) is 17.0 Å². The number of halogens is 1. The van der Waals surface area contributed by atoms with Crippen LogP contribution in [0.3, 0.4) is 0 Å². The van der Waals surface area contributed by atoms with E-state index in [1.807, 2.05) is 0 Å². The molecule has 3 N–H and O–H groups in total. The highest BCUT2D eigenvalue weighted by Gasteiger charge is 2.30. The molecule has 1 aromatic rings. The molecule has 1 atom stereocenters. The number of fused-ring (bicyclic) bond motifs is 1. The number of primary sulfonamides is 1. The van der Waals surface area contributed by atoms with E-state index < -0.39 is 14.9 Å². The molecule has 0 bridgehead atoms. The predicted molar refractivity (Wildman–Crippen MR) is 74.5 cm³/mol. The van der Waals surface area contributed by atoms with Gasteiger partial charge >= 0.3 is 0 Å². The molecular formula is C9H10IN3O4S. The van der Waals surface area contributed by atoms with Crippen molar-refractivity contribution in [2.75, 3.05) is 9.74 Å². The Labute approximate surface area is 117 Å². The van der Waals surface area contributed by atoms with Crippen molar-refractivity contribution in [2.45, 2.75) is 17.4 Å². The van der Waals surface area contributed by atoms with Crippen LogP contribution in [-0.2, 0) is 16.4 Å². The first-order chi connectivity index (χ1) is 8.32. The average Bonchev–Trinajstić information content (AvgIpc) is 2.68. The molecule has 0 saturated carbocycles. The summed E-state index contributed by atoms with van der Waals surface area (Å²) in [5, 5.41) is 19.0. The fraction of sp³-hybridized carbons (Fsp3) is 0.333. The molecule has 1 aromatic carbocycles. The number of nitro groups is 1. The topological polar surface area (TPSA) is 115 Å². The van der Waals surface area contributed by atoms with Gasteiger partial charge in [0.25, 0.3) is 5.69 Å². The Morgan fingerprint density at radius 3 is 2.72 bits per heavy atom. The number of benzene rings is 1. The number of nitrogens with two attached hydrogens (primary N) is 1. The van der Waals surface area contributed by atoms with Crippen LogP contribution in [0.1, 0.15) is 5.56 Å². The zero-order valence-electron chi connectivity index (χ0n) is 9.09. The lowest BCUT2D eigenvalue weighted by molar-refractivity contribution is -0.384. The number of nitro benzene ring substituents is 1. The van der Waals surface area contributed by atoms with E-state index in [1.165, 1.54) is 6.07 Å². The second kappa shape index (κ2) is 4.63. The van der Waals surface area contributed by atoms with Gasteiger partial charge in [0, 0.05) is 16.5 Å². The van der Waals surface area contributed by atoms with E-state index in [9.17, 15) is 18.5 Å². The summed E-state index contributed by atoms with van der Waals surface area (Å²) < 4.78 is 23.4. The highest BCUT2D eigenvalue weighted by molar-refractivity contribution is 14.1. The lowest BCUT2D eigenvalue weighted by Gasteiger charge is -2.06. The normalized spacial score (nSPS) is 18.2. The Morgan fingerprint density at radius 1 is 1.56 bits per heavy atom. The summed E-state index contributed by atoms with van der Waals surface area (Å²) >= 11 is 2.17. The standard InChI is InChI=1S/C9H10IN3O4S/c10-4-6-1-5-2-7(18(11,16)17)3-8(13(14)15)9(5)12-6/h2-3,6,12H,1,4H2,(H2,11,16,17). The molecule has 98 valence electrons. The highest BCUT2D eigenvalue weighted by Crippen LogP contribution is 2.37. The lowest BCUT2D eigenvalue weighted by atomic mass is 10.1. The second-order valence-corrected chi connectivity index (χ2v) is 6.42. The minimum atomic E-state index is -3.94. The fourth-order valence-corrected chi connectivity index (χ4v) is 3.02. The second-order valence-electron chi connectivity index (χ2n) is 3.98. The zero-order chi connectivity index (χ0) is 13.5. The SMILES string of the molecule is NS(=O)(=O)c1cc2c(c([N+](=O)[O-])c1)NC(CI)C2. The van der Waals surface area contributed by atoms with Crippen LogP contribution in [0.2, 0.25) is 0 Å². The van der Waals surface area contributed by atoms with Gasteiger partial charge in [-0.2, -0.15) is 0 Å². The molecule has 1 unspecified atom stereocenters. The largest absolute Gasteiger partial charge is 0.375 e. The first kappa shape index (κ1) is 13.5. The van der Waals surface area contributed by atoms with Gasteiger partial charge in [0.15, 0.2) is 0 Å². The number of hydrogen-bond donors (Lipinski definition) is 2. The van der Waals surface area contributed by atoms with Gasteiger partial charge in [-0.05, 0) is 18.1 Å². The molecule has 9 heteroatoms. The van der Waals surface area contributed by atoms with E-state index in [1.54, 1.807) is 0 Å². The molecule has 2 rings (SSSR count). The molecule has 1 aliphatic rings. The number of rotatable bonds is 3. The third-order valence-corrected chi connectivity index (χ3v) is 4.65. The Bertz CT molecular complexity index is 616. The Morgan fingerprint density at radius 2 is 2.22 bits per heavy atom. The van der Waals surface area contributed by atoms with Gasteiger partial charge in [0.2, 0.25) is 10.0 Å². The maximum absolute atomic E-state index is 11.3. The van der Waals surface area contributed by atoms with Gasteiger partial charge < -0.3 is 5.32 Å². The Hall–Kier alpha value is -0.940. The minimum Gasteiger partial charge on any atom is -0.375 e. The smallest absolute Gasteiger partial charge is 0.293 e. The number of sulfonamides is 1. The number of nitrogens with zero attached hydrogens (tertiary/aromatic N) is 1. The van der Waals surface area contributed by atoms with E-state index in [0.717, 1.165) is 10.5 Å². The molecule has 0 saturated heterocycles. The number of hydrogen-bond acceptors (Lipinski definition) is 5. The zero-order valence-corrected chi connectivity index (χ0v) is 12.1. The number of anilines is 1. The van der Waals surface area contributed by atoms with Crippen LogP contribution in [0, 0.1) is 10.1 Å². The molecular weight excluding hydrogens is 373 g/mol. The van der Waals surface area contributed by atoms with Crippen LogP contribution in [-0.4, -0.2) is 23.8 Å². The molecule has 7 nitrogen and oxygen atoms in total. The van der Waals surface area contributed by atoms with Crippen LogP contribution in [0.25, 0.3) is 0 Å².